The number of benzene rings is 2. The Balaban J connectivity index is 1.40. The van der Waals surface area contributed by atoms with Crippen LogP contribution in [0.5, 0.6) is 0 Å². The Hall–Kier alpha value is -3.15. The number of nitrogens with zero attached hydrogens (tertiary/aromatic N) is 2. The van der Waals surface area contributed by atoms with Crippen molar-refractivity contribution in [1.29, 1.82) is 0 Å². The van der Waals surface area contributed by atoms with Crippen LogP contribution in [-0.4, -0.2) is 32.7 Å². The Kier molecular flexibility index (Phi) is 4.99. The number of H-pyrrole nitrogens is 1. The summed E-state index contributed by atoms with van der Waals surface area (Å²) in [6.45, 7) is 0.486. The number of amides is 2. The Morgan fingerprint density at radius 1 is 1.10 bits per heavy atom. The molecule has 2 amide bonds. The highest BCUT2D eigenvalue weighted by Crippen LogP contribution is 2.32. The van der Waals surface area contributed by atoms with Crippen LogP contribution in [0.25, 0.3) is 11.0 Å². The summed E-state index contributed by atoms with van der Waals surface area (Å²) in [4.78, 5) is 35.9. The van der Waals surface area contributed by atoms with E-state index in [1.165, 1.54) is 19.3 Å². The zero-order valence-corrected chi connectivity index (χ0v) is 16.9. The van der Waals surface area contributed by atoms with Gasteiger partial charge in [-0.2, -0.15) is 0 Å². The van der Waals surface area contributed by atoms with Crippen molar-refractivity contribution in [3.05, 3.63) is 59.7 Å². The molecule has 5 rings (SSSR count). The summed E-state index contributed by atoms with van der Waals surface area (Å²) < 4.78 is 0. The molecule has 0 bridgehead atoms. The van der Waals surface area contributed by atoms with Gasteiger partial charge in [-0.3, -0.25) is 14.9 Å². The maximum atomic E-state index is 13.4. The lowest BCUT2D eigenvalue weighted by Crippen LogP contribution is -2.45. The van der Waals surface area contributed by atoms with Crippen LogP contribution in [0.1, 0.15) is 54.4 Å². The average molecular weight is 402 g/mol. The fourth-order valence-electron chi connectivity index (χ4n) is 4.85. The molecule has 2 aliphatic rings. The smallest absolute Gasteiger partial charge is 0.255 e. The maximum Gasteiger partial charge on any atom is 0.255 e. The Morgan fingerprint density at radius 3 is 2.67 bits per heavy atom. The van der Waals surface area contributed by atoms with Crippen molar-refractivity contribution in [2.24, 2.45) is 5.92 Å². The third kappa shape index (κ3) is 3.58. The molecule has 2 heterocycles. The molecule has 154 valence electrons. The number of anilines is 1. The van der Waals surface area contributed by atoms with E-state index >= 15 is 0 Å². The van der Waals surface area contributed by atoms with Crippen molar-refractivity contribution in [3.8, 4) is 0 Å². The number of aromatic nitrogens is 2. The molecule has 6 heteroatoms. The summed E-state index contributed by atoms with van der Waals surface area (Å²) in [7, 11) is 0. The van der Waals surface area contributed by atoms with Crippen LogP contribution >= 0.6 is 0 Å². The van der Waals surface area contributed by atoms with Crippen molar-refractivity contribution in [1.82, 2.24) is 14.9 Å². The van der Waals surface area contributed by atoms with Crippen molar-refractivity contribution in [2.75, 3.05) is 5.32 Å². The molecule has 1 atom stereocenters. The maximum absolute atomic E-state index is 13.4. The summed E-state index contributed by atoms with van der Waals surface area (Å²) in [5, 5.41) is 2.95. The van der Waals surface area contributed by atoms with Gasteiger partial charge in [0.2, 0.25) is 11.9 Å². The van der Waals surface area contributed by atoms with Gasteiger partial charge in [-0.05, 0) is 36.1 Å². The van der Waals surface area contributed by atoms with E-state index in [1.54, 1.807) is 4.90 Å². The first-order chi connectivity index (χ1) is 14.7. The topological polar surface area (TPSA) is 78.1 Å². The lowest BCUT2D eigenvalue weighted by molar-refractivity contribution is -0.121. The van der Waals surface area contributed by atoms with Crippen molar-refractivity contribution < 1.29 is 9.59 Å². The van der Waals surface area contributed by atoms with E-state index in [1.807, 2.05) is 48.5 Å². The number of fused-ring (bicyclic) bond motifs is 2. The molecule has 0 radical (unpaired) electrons. The molecule has 2 aromatic carbocycles. The third-order valence-electron chi connectivity index (χ3n) is 6.44. The molecule has 30 heavy (non-hydrogen) atoms. The minimum atomic E-state index is -0.499. The molecule has 0 saturated heterocycles. The minimum Gasteiger partial charge on any atom is -0.324 e. The zero-order valence-electron chi connectivity index (χ0n) is 16.9. The monoisotopic (exact) mass is 402 g/mol. The van der Waals surface area contributed by atoms with Crippen LogP contribution in [0.2, 0.25) is 0 Å². The van der Waals surface area contributed by atoms with Gasteiger partial charge >= 0.3 is 0 Å². The van der Waals surface area contributed by atoms with Crippen LogP contribution in [-0.2, 0) is 11.3 Å². The lowest BCUT2D eigenvalue weighted by Gasteiger charge is -2.31. The molecular formula is C24H26N4O2. The van der Waals surface area contributed by atoms with E-state index in [2.05, 4.69) is 15.3 Å². The normalized spacial score (nSPS) is 17.9. The quantitative estimate of drug-likeness (QED) is 0.660. The van der Waals surface area contributed by atoms with Gasteiger partial charge in [-0.25, -0.2) is 4.98 Å². The van der Waals surface area contributed by atoms with Crippen LogP contribution in [0.4, 0.5) is 5.95 Å². The van der Waals surface area contributed by atoms with E-state index in [9.17, 15) is 9.59 Å². The highest BCUT2D eigenvalue weighted by atomic mass is 16.2. The van der Waals surface area contributed by atoms with Gasteiger partial charge in [-0.1, -0.05) is 62.4 Å². The molecule has 0 unspecified atom stereocenters. The second kappa shape index (κ2) is 7.94. The Morgan fingerprint density at radius 2 is 1.87 bits per heavy atom. The highest BCUT2D eigenvalue weighted by molar-refractivity contribution is 6.03. The summed E-state index contributed by atoms with van der Waals surface area (Å²) in [6, 6.07) is 14.8. The number of imidazole rings is 1. The van der Waals surface area contributed by atoms with Crippen LogP contribution < -0.4 is 5.32 Å². The number of hydrogen-bond donors (Lipinski definition) is 2. The van der Waals surface area contributed by atoms with E-state index in [0.29, 0.717) is 30.4 Å². The van der Waals surface area contributed by atoms with Crippen LogP contribution in [0, 0.1) is 5.92 Å². The number of carbonyl (C=O) groups is 2. The average Bonchev–Trinajstić information content (AvgIpc) is 3.33. The second-order valence-corrected chi connectivity index (χ2v) is 8.44. The Labute approximate surface area is 175 Å². The molecule has 6 nitrogen and oxygen atoms in total. The van der Waals surface area contributed by atoms with E-state index < -0.39 is 6.04 Å². The highest BCUT2D eigenvalue weighted by Gasteiger charge is 2.37. The molecule has 0 spiro atoms. The molecule has 1 aliphatic carbocycles. The number of para-hydroxylation sites is 2. The van der Waals surface area contributed by atoms with Gasteiger partial charge in [-0.15, -0.1) is 0 Å². The molecule has 2 N–H and O–H groups in total. The lowest BCUT2D eigenvalue weighted by atomic mass is 9.84. The van der Waals surface area contributed by atoms with Crippen molar-refractivity contribution in [2.45, 2.75) is 51.1 Å². The first kappa shape index (κ1) is 18.9. The zero-order chi connectivity index (χ0) is 20.5. The minimum absolute atomic E-state index is 0.0498. The van der Waals surface area contributed by atoms with Gasteiger partial charge in [0, 0.05) is 12.1 Å². The van der Waals surface area contributed by atoms with Gasteiger partial charge in [0.05, 0.1) is 11.0 Å². The number of nitrogens with one attached hydrogen (secondary N) is 2. The molecule has 1 saturated carbocycles. The molecular weight excluding hydrogens is 376 g/mol. The summed E-state index contributed by atoms with van der Waals surface area (Å²) in [5.41, 5.74) is 3.39. The fourth-order valence-corrected chi connectivity index (χ4v) is 4.85. The van der Waals surface area contributed by atoms with Gasteiger partial charge < -0.3 is 9.88 Å². The molecule has 1 aromatic heterocycles. The summed E-state index contributed by atoms with van der Waals surface area (Å²) in [5.74, 6) is 0.688. The van der Waals surface area contributed by atoms with Crippen LogP contribution in [0.15, 0.2) is 48.5 Å². The summed E-state index contributed by atoms with van der Waals surface area (Å²) in [6.07, 6.45) is 6.63. The first-order valence-electron chi connectivity index (χ1n) is 10.8. The predicted molar refractivity (Wildman–Crippen MR) is 116 cm³/mol. The molecule has 3 aromatic rings. The largest absolute Gasteiger partial charge is 0.324 e. The van der Waals surface area contributed by atoms with E-state index in [4.69, 9.17) is 0 Å². The number of carbonyl (C=O) groups excluding carboxylic acids is 2. The van der Waals surface area contributed by atoms with Crippen LogP contribution in [0.3, 0.4) is 0 Å². The Bertz CT molecular complexity index is 1050. The number of aromatic amines is 1. The first-order valence-corrected chi connectivity index (χ1v) is 10.8. The standard InChI is InChI=1S/C24H26N4O2/c29-22(27-24-25-19-12-6-7-13-20(19)26-24)21(14-16-8-2-1-3-9-16)28-15-17-10-4-5-11-18(17)23(28)30/h4-7,10-13,16,21H,1-3,8-9,14-15H2,(H2,25,26,27,29)/t21-/m0/s1. The van der Waals surface area contributed by atoms with Gasteiger partial charge in [0.15, 0.2) is 0 Å². The molecule has 1 fully saturated rings. The number of hydrogen-bond acceptors (Lipinski definition) is 3. The van der Waals surface area contributed by atoms with Crippen molar-refractivity contribution >= 4 is 28.8 Å². The van der Waals surface area contributed by atoms with Gasteiger partial charge in [0.1, 0.15) is 6.04 Å². The SMILES string of the molecule is O=C(Nc1nc2ccccc2[nH]1)[C@H](CC1CCCCC1)N1Cc2ccccc2C1=O. The molecule has 1 aliphatic heterocycles. The predicted octanol–water partition coefficient (Wildman–Crippen LogP) is 4.50. The van der Waals surface area contributed by atoms with Crippen molar-refractivity contribution in [3.63, 3.8) is 0 Å². The second-order valence-electron chi connectivity index (χ2n) is 8.44. The third-order valence-corrected chi connectivity index (χ3v) is 6.44. The fraction of sp³-hybridized carbons (Fsp3) is 0.375. The van der Waals surface area contributed by atoms with E-state index in [-0.39, 0.29) is 11.8 Å². The summed E-state index contributed by atoms with van der Waals surface area (Å²) >= 11 is 0. The number of rotatable bonds is 5. The van der Waals surface area contributed by atoms with E-state index in [0.717, 1.165) is 29.4 Å². The van der Waals surface area contributed by atoms with Gasteiger partial charge in [0.25, 0.3) is 5.91 Å².